The summed E-state index contributed by atoms with van der Waals surface area (Å²) in [5, 5.41) is 9.70. The molecule has 0 radical (unpaired) electrons. The van der Waals surface area contributed by atoms with Crippen LogP contribution in [0.1, 0.15) is 72.0 Å². The second-order valence-corrected chi connectivity index (χ2v) is 10.9. The third-order valence-corrected chi connectivity index (χ3v) is 6.89. The molecule has 3 aromatic rings. The summed E-state index contributed by atoms with van der Waals surface area (Å²) in [6, 6.07) is 6.91. The highest BCUT2D eigenvalue weighted by Crippen LogP contribution is 2.39. The lowest BCUT2D eigenvalue weighted by Crippen LogP contribution is -2.25. The molecule has 0 saturated carbocycles. The van der Waals surface area contributed by atoms with Crippen molar-refractivity contribution in [3.8, 4) is 16.8 Å². The Hall–Kier alpha value is -3.81. The molecule has 3 heterocycles. The van der Waals surface area contributed by atoms with Gasteiger partial charge in [-0.1, -0.05) is 18.1 Å². The summed E-state index contributed by atoms with van der Waals surface area (Å²) in [7, 11) is 1.35. The van der Waals surface area contributed by atoms with Gasteiger partial charge in [-0.05, 0) is 59.2 Å². The first-order valence-corrected chi connectivity index (χ1v) is 12.6. The van der Waals surface area contributed by atoms with Gasteiger partial charge in [-0.3, -0.25) is 24.0 Å². The minimum atomic E-state index is -0.610. The molecule has 0 bridgehead atoms. The van der Waals surface area contributed by atoms with Crippen LogP contribution in [0.25, 0.3) is 5.00 Å². The van der Waals surface area contributed by atoms with Crippen molar-refractivity contribution in [2.75, 3.05) is 7.11 Å². The first-order chi connectivity index (χ1) is 17.5. The smallest absolute Gasteiger partial charge is 0.319 e. The van der Waals surface area contributed by atoms with Crippen molar-refractivity contribution in [1.29, 1.82) is 0 Å². The maximum atomic E-state index is 12.8. The Labute approximate surface area is 219 Å². The fraction of sp³-hybridized carbons (Fsp3) is 0.370. The van der Waals surface area contributed by atoms with Crippen LogP contribution < -0.4 is 5.48 Å². The van der Waals surface area contributed by atoms with Crippen LogP contribution in [0.5, 0.6) is 0 Å². The number of thiophene rings is 1. The number of carbonyl (C=O) groups excluding carboxylic acids is 2. The highest BCUT2D eigenvalue weighted by atomic mass is 32.1. The van der Waals surface area contributed by atoms with Crippen LogP contribution in [0.2, 0.25) is 0 Å². The highest BCUT2D eigenvalue weighted by Gasteiger charge is 2.33. The van der Waals surface area contributed by atoms with Gasteiger partial charge in [0.25, 0.3) is 0 Å². The van der Waals surface area contributed by atoms with E-state index in [0.29, 0.717) is 11.4 Å². The van der Waals surface area contributed by atoms with Gasteiger partial charge in [0.2, 0.25) is 0 Å². The van der Waals surface area contributed by atoms with Crippen molar-refractivity contribution in [2.24, 2.45) is 4.99 Å². The van der Waals surface area contributed by atoms with Crippen LogP contribution in [0.3, 0.4) is 0 Å². The Morgan fingerprint density at radius 3 is 2.49 bits per heavy atom. The molecule has 10 heteroatoms. The van der Waals surface area contributed by atoms with E-state index in [-0.39, 0.29) is 12.4 Å². The van der Waals surface area contributed by atoms with Gasteiger partial charge < -0.3 is 4.74 Å². The minimum absolute atomic E-state index is 0.0318. The largest absolute Gasteiger partial charge is 0.460 e. The second-order valence-electron chi connectivity index (χ2n) is 9.65. The van der Waals surface area contributed by atoms with E-state index in [4.69, 9.17) is 9.73 Å². The van der Waals surface area contributed by atoms with E-state index in [1.165, 1.54) is 7.11 Å². The van der Waals surface area contributed by atoms with Gasteiger partial charge in [0.15, 0.2) is 5.82 Å². The first kappa shape index (κ1) is 26.3. The van der Waals surface area contributed by atoms with E-state index in [2.05, 4.69) is 46.2 Å². The number of aliphatic imine (C=N–C) groups is 1. The number of aryl methyl sites for hydroxylation is 2. The number of aromatic nitrogens is 3. The zero-order chi connectivity index (χ0) is 26.9. The van der Waals surface area contributed by atoms with E-state index in [1.54, 1.807) is 11.3 Å². The van der Waals surface area contributed by atoms with Crippen LogP contribution in [0.15, 0.2) is 29.3 Å². The zero-order valence-electron chi connectivity index (χ0n) is 21.9. The molecule has 1 aliphatic rings. The molecule has 1 aliphatic heterocycles. The van der Waals surface area contributed by atoms with Gasteiger partial charge >= 0.3 is 11.9 Å². The number of esters is 1. The topological polar surface area (TPSA) is 108 Å². The molecule has 2 aromatic heterocycles. The average Bonchev–Trinajstić information content (AvgIpc) is 3.29. The summed E-state index contributed by atoms with van der Waals surface area (Å²) < 4.78 is 7.60. The quantitative estimate of drug-likeness (QED) is 0.318. The summed E-state index contributed by atoms with van der Waals surface area (Å²) in [6.45, 7) is 11.6. The number of fused-ring (bicyclic) bond motifs is 3. The molecule has 1 atom stereocenters. The van der Waals surface area contributed by atoms with Crippen LogP contribution >= 0.6 is 11.3 Å². The number of hydrogen-bond donors (Lipinski definition) is 1. The van der Waals surface area contributed by atoms with Gasteiger partial charge in [0, 0.05) is 27.5 Å². The van der Waals surface area contributed by atoms with Crippen molar-refractivity contribution in [3.05, 3.63) is 63.0 Å². The summed E-state index contributed by atoms with van der Waals surface area (Å²) in [5.41, 5.74) is 5.93. The summed E-state index contributed by atoms with van der Waals surface area (Å²) in [5.74, 6) is 5.74. The summed E-state index contributed by atoms with van der Waals surface area (Å²) in [4.78, 5) is 35.3. The van der Waals surface area contributed by atoms with Crippen LogP contribution in [-0.2, 0) is 19.2 Å². The molecule has 1 N–H and O–H groups in total. The lowest BCUT2D eigenvalue weighted by atomic mass is 9.98. The fourth-order valence-corrected chi connectivity index (χ4v) is 5.24. The Kier molecular flexibility index (Phi) is 7.30. The van der Waals surface area contributed by atoms with Crippen molar-refractivity contribution in [2.45, 2.75) is 59.6 Å². The van der Waals surface area contributed by atoms with E-state index in [9.17, 15) is 9.59 Å². The standard InChI is InChI=1S/C27H29N5O4S/c1-15-16(2)37-26-23(15)24(19-11-8-18(9-12-19)10-13-21(33)31-35-7)28-20(14-22(34)36-27(4,5)6)25-30-29-17(3)32(25)26/h8-9,11-12,20H,14H2,1-7H3,(H,31,33)/t20-/m0/s1. The molecule has 1 aromatic carbocycles. The number of ether oxygens (including phenoxy) is 1. The first-order valence-electron chi connectivity index (χ1n) is 11.8. The molecular weight excluding hydrogens is 490 g/mol. The number of hydroxylamine groups is 1. The van der Waals surface area contributed by atoms with Crippen LogP contribution in [0, 0.1) is 32.6 Å². The predicted molar refractivity (Wildman–Crippen MR) is 141 cm³/mol. The van der Waals surface area contributed by atoms with Gasteiger partial charge in [-0.15, -0.1) is 21.5 Å². The number of hydrogen-bond acceptors (Lipinski definition) is 8. The van der Waals surface area contributed by atoms with Crippen molar-refractivity contribution < 1.29 is 19.2 Å². The van der Waals surface area contributed by atoms with E-state index in [1.807, 2.05) is 56.5 Å². The highest BCUT2D eigenvalue weighted by molar-refractivity contribution is 7.15. The van der Waals surface area contributed by atoms with Gasteiger partial charge in [0.05, 0.1) is 19.2 Å². The monoisotopic (exact) mass is 519 g/mol. The Morgan fingerprint density at radius 2 is 1.84 bits per heavy atom. The number of carbonyl (C=O) groups is 2. The fourth-order valence-electron chi connectivity index (χ4n) is 4.02. The summed E-state index contributed by atoms with van der Waals surface area (Å²) in [6.07, 6.45) is 0.0318. The Bertz CT molecular complexity index is 1450. The zero-order valence-corrected chi connectivity index (χ0v) is 22.7. The molecule has 0 saturated heterocycles. The van der Waals surface area contributed by atoms with E-state index >= 15 is 0 Å². The number of nitrogens with one attached hydrogen (secondary N) is 1. The third-order valence-electron chi connectivity index (χ3n) is 5.69. The number of rotatable bonds is 4. The number of benzene rings is 1. The lowest BCUT2D eigenvalue weighted by Gasteiger charge is -2.21. The predicted octanol–water partition coefficient (Wildman–Crippen LogP) is 3.91. The molecular formula is C27H29N5O4S. The molecule has 0 unspecified atom stereocenters. The van der Waals surface area contributed by atoms with Crippen molar-refractivity contribution in [1.82, 2.24) is 20.2 Å². The van der Waals surface area contributed by atoms with Gasteiger partial charge in [-0.25, -0.2) is 5.48 Å². The normalized spacial score (nSPS) is 14.5. The Balaban J connectivity index is 1.81. The van der Waals surface area contributed by atoms with Crippen LogP contribution in [-0.4, -0.2) is 45.1 Å². The lowest BCUT2D eigenvalue weighted by molar-refractivity contribution is -0.155. The molecule has 0 aliphatic carbocycles. The van der Waals surface area contributed by atoms with E-state index in [0.717, 1.165) is 38.1 Å². The number of amides is 1. The average molecular weight is 520 g/mol. The van der Waals surface area contributed by atoms with Gasteiger partial charge in [0.1, 0.15) is 22.5 Å². The van der Waals surface area contributed by atoms with Gasteiger partial charge in [-0.2, -0.15) is 0 Å². The minimum Gasteiger partial charge on any atom is -0.460 e. The summed E-state index contributed by atoms with van der Waals surface area (Å²) >= 11 is 1.65. The molecule has 0 spiro atoms. The maximum Gasteiger partial charge on any atom is 0.319 e. The molecule has 1 amide bonds. The van der Waals surface area contributed by atoms with E-state index < -0.39 is 17.6 Å². The SMILES string of the molecule is CONC(=O)C#Cc1ccc(C2=N[C@@H](CC(=O)OC(C)(C)C)c3nnc(C)n3-c3sc(C)c(C)c32)cc1. The number of nitrogens with zero attached hydrogens (tertiary/aromatic N) is 4. The van der Waals surface area contributed by atoms with Crippen molar-refractivity contribution >= 4 is 28.9 Å². The molecule has 192 valence electrons. The maximum absolute atomic E-state index is 12.8. The Morgan fingerprint density at radius 1 is 1.14 bits per heavy atom. The third kappa shape index (κ3) is 5.63. The van der Waals surface area contributed by atoms with Crippen LogP contribution in [0.4, 0.5) is 0 Å². The molecule has 37 heavy (non-hydrogen) atoms. The molecule has 4 rings (SSSR count). The second kappa shape index (κ2) is 10.3. The van der Waals surface area contributed by atoms with Crippen molar-refractivity contribution in [3.63, 3.8) is 0 Å². The molecule has 0 fully saturated rings. The molecule has 9 nitrogen and oxygen atoms in total.